The summed E-state index contributed by atoms with van der Waals surface area (Å²) in [7, 11) is 0. The quantitative estimate of drug-likeness (QED) is 0.526. The van der Waals surface area contributed by atoms with Crippen molar-refractivity contribution in [1.29, 1.82) is 0 Å². The highest BCUT2D eigenvalue weighted by molar-refractivity contribution is 7.99. The molecule has 0 aromatic heterocycles. The second-order valence-corrected chi connectivity index (χ2v) is 6.09. The fraction of sp³-hybridized carbons (Fsp3) is 0.125. The van der Waals surface area contributed by atoms with Gasteiger partial charge in [0.1, 0.15) is 0 Å². The van der Waals surface area contributed by atoms with Gasteiger partial charge in [-0.2, -0.15) is 0 Å². The number of hydrogen-bond donors (Lipinski definition) is 1. The molecular formula is C16H15Cl2NS. The summed E-state index contributed by atoms with van der Waals surface area (Å²) in [4.78, 5) is 1.20. The van der Waals surface area contributed by atoms with Crippen molar-refractivity contribution in [2.24, 2.45) is 0 Å². The van der Waals surface area contributed by atoms with Crippen LogP contribution in [-0.4, -0.2) is 5.75 Å². The van der Waals surface area contributed by atoms with E-state index in [1.165, 1.54) is 4.90 Å². The normalized spacial score (nSPS) is 10.3. The lowest BCUT2D eigenvalue weighted by atomic mass is 10.2. The first-order chi connectivity index (χ1) is 9.70. The molecule has 104 valence electrons. The first-order valence-corrected chi connectivity index (χ1v) is 7.95. The number of halogens is 2. The molecule has 0 bridgehead atoms. The molecular weight excluding hydrogens is 309 g/mol. The van der Waals surface area contributed by atoms with E-state index in [2.05, 4.69) is 24.0 Å². The standard InChI is InChI=1S/C16H15Cl2NS/c1-2-9-20-16-6-4-3-5-15(16)19-11-12-10-13(17)7-8-14(12)18/h2-8,10,19H,1,9,11H2. The Kier molecular flexibility index (Phi) is 5.84. The van der Waals surface area contributed by atoms with E-state index >= 15 is 0 Å². The summed E-state index contributed by atoms with van der Waals surface area (Å²) >= 11 is 13.9. The fourth-order valence-electron chi connectivity index (χ4n) is 1.76. The van der Waals surface area contributed by atoms with Crippen LogP contribution >= 0.6 is 35.0 Å². The van der Waals surface area contributed by atoms with Gasteiger partial charge in [0.15, 0.2) is 0 Å². The average molecular weight is 324 g/mol. The first-order valence-electron chi connectivity index (χ1n) is 6.21. The van der Waals surface area contributed by atoms with Crippen molar-refractivity contribution in [3.05, 3.63) is 70.7 Å². The van der Waals surface area contributed by atoms with Gasteiger partial charge in [0.25, 0.3) is 0 Å². The second-order valence-electron chi connectivity index (χ2n) is 4.19. The highest BCUT2D eigenvalue weighted by atomic mass is 35.5. The number of para-hydroxylation sites is 1. The van der Waals surface area contributed by atoms with Gasteiger partial charge in [-0.3, -0.25) is 0 Å². The van der Waals surface area contributed by atoms with Crippen LogP contribution in [0.15, 0.2) is 60.0 Å². The van der Waals surface area contributed by atoms with Crippen molar-refractivity contribution in [2.45, 2.75) is 11.4 Å². The number of benzene rings is 2. The predicted octanol–water partition coefficient (Wildman–Crippen LogP) is 5.88. The Labute approximate surface area is 134 Å². The van der Waals surface area contributed by atoms with Gasteiger partial charge in [-0.15, -0.1) is 18.3 Å². The van der Waals surface area contributed by atoms with Crippen molar-refractivity contribution >= 4 is 40.7 Å². The molecule has 0 atom stereocenters. The Balaban J connectivity index is 2.10. The molecule has 0 saturated carbocycles. The van der Waals surface area contributed by atoms with E-state index in [4.69, 9.17) is 23.2 Å². The molecule has 1 N–H and O–H groups in total. The lowest BCUT2D eigenvalue weighted by Gasteiger charge is -2.12. The van der Waals surface area contributed by atoms with Gasteiger partial charge in [-0.25, -0.2) is 0 Å². The summed E-state index contributed by atoms with van der Waals surface area (Å²) in [5, 5.41) is 4.82. The van der Waals surface area contributed by atoms with Crippen molar-refractivity contribution in [1.82, 2.24) is 0 Å². The van der Waals surface area contributed by atoms with Crippen LogP contribution in [0.4, 0.5) is 5.69 Å². The van der Waals surface area contributed by atoms with Crippen LogP contribution in [0.25, 0.3) is 0 Å². The summed E-state index contributed by atoms with van der Waals surface area (Å²) < 4.78 is 0. The van der Waals surface area contributed by atoms with Gasteiger partial charge in [0.2, 0.25) is 0 Å². The Morgan fingerprint density at radius 1 is 1.15 bits per heavy atom. The molecule has 0 aliphatic rings. The van der Waals surface area contributed by atoms with Gasteiger partial charge < -0.3 is 5.32 Å². The predicted molar refractivity (Wildman–Crippen MR) is 91.2 cm³/mol. The molecule has 0 heterocycles. The number of anilines is 1. The maximum Gasteiger partial charge on any atom is 0.0481 e. The highest BCUT2D eigenvalue weighted by Gasteiger charge is 2.04. The van der Waals surface area contributed by atoms with Crippen molar-refractivity contribution in [3.63, 3.8) is 0 Å². The lowest BCUT2D eigenvalue weighted by Crippen LogP contribution is -2.01. The average Bonchev–Trinajstić information content (AvgIpc) is 2.47. The minimum absolute atomic E-state index is 0.644. The molecule has 1 nitrogen and oxygen atoms in total. The molecule has 4 heteroatoms. The Bertz CT molecular complexity index is 599. The van der Waals surface area contributed by atoms with E-state index in [-0.39, 0.29) is 0 Å². The van der Waals surface area contributed by atoms with E-state index in [1.807, 2.05) is 30.3 Å². The van der Waals surface area contributed by atoms with E-state index in [0.717, 1.165) is 22.0 Å². The van der Waals surface area contributed by atoms with E-state index < -0.39 is 0 Å². The smallest absolute Gasteiger partial charge is 0.0481 e. The topological polar surface area (TPSA) is 12.0 Å². The zero-order valence-electron chi connectivity index (χ0n) is 10.9. The molecule has 2 rings (SSSR count). The number of rotatable bonds is 6. The molecule has 0 aliphatic heterocycles. The Hall–Kier alpha value is -1.09. The molecule has 0 saturated heterocycles. The SMILES string of the molecule is C=CCSc1ccccc1NCc1cc(Cl)ccc1Cl. The molecule has 0 radical (unpaired) electrons. The first kappa shape index (κ1) is 15.3. The second kappa shape index (κ2) is 7.63. The lowest BCUT2D eigenvalue weighted by molar-refractivity contribution is 1.13. The van der Waals surface area contributed by atoms with Crippen molar-refractivity contribution < 1.29 is 0 Å². The Morgan fingerprint density at radius 3 is 2.75 bits per heavy atom. The Morgan fingerprint density at radius 2 is 1.95 bits per heavy atom. The minimum Gasteiger partial charge on any atom is -0.380 e. The summed E-state index contributed by atoms with van der Waals surface area (Å²) in [6.45, 7) is 4.39. The van der Waals surface area contributed by atoms with Crippen molar-refractivity contribution in [2.75, 3.05) is 11.1 Å². The van der Waals surface area contributed by atoms with Crippen molar-refractivity contribution in [3.8, 4) is 0 Å². The monoisotopic (exact) mass is 323 g/mol. The fourth-order valence-corrected chi connectivity index (χ4v) is 2.90. The van der Waals surface area contributed by atoms with Crippen LogP contribution in [-0.2, 0) is 6.54 Å². The summed E-state index contributed by atoms with van der Waals surface area (Å²) in [6, 6.07) is 13.7. The molecule has 0 fully saturated rings. The van der Waals surface area contributed by atoms with Gasteiger partial charge in [-0.1, -0.05) is 41.4 Å². The van der Waals surface area contributed by atoms with Crippen LogP contribution in [0.1, 0.15) is 5.56 Å². The van der Waals surface area contributed by atoms with Crippen LogP contribution < -0.4 is 5.32 Å². The van der Waals surface area contributed by atoms with Gasteiger partial charge >= 0.3 is 0 Å². The van der Waals surface area contributed by atoms with E-state index in [0.29, 0.717) is 11.6 Å². The maximum atomic E-state index is 6.17. The summed E-state index contributed by atoms with van der Waals surface area (Å²) in [6.07, 6.45) is 1.90. The molecule has 2 aromatic carbocycles. The zero-order chi connectivity index (χ0) is 14.4. The molecule has 2 aromatic rings. The number of hydrogen-bond acceptors (Lipinski definition) is 2. The van der Waals surface area contributed by atoms with Gasteiger partial charge in [0.05, 0.1) is 0 Å². The highest BCUT2D eigenvalue weighted by Crippen LogP contribution is 2.28. The van der Waals surface area contributed by atoms with E-state index in [9.17, 15) is 0 Å². The molecule has 20 heavy (non-hydrogen) atoms. The zero-order valence-corrected chi connectivity index (χ0v) is 13.2. The molecule has 0 spiro atoms. The van der Waals surface area contributed by atoms with Gasteiger partial charge in [-0.05, 0) is 35.9 Å². The van der Waals surface area contributed by atoms with Crippen LogP contribution in [0, 0.1) is 0 Å². The summed E-state index contributed by atoms with van der Waals surface area (Å²) in [5.41, 5.74) is 2.08. The molecule has 0 amide bonds. The molecule has 0 unspecified atom stereocenters. The third-order valence-electron chi connectivity index (χ3n) is 2.72. The van der Waals surface area contributed by atoms with E-state index in [1.54, 1.807) is 17.8 Å². The minimum atomic E-state index is 0.644. The van der Waals surface area contributed by atoms with Crippen LogP contribution in [0.3, 0.4) is 0 Å². The number of thioether (sulfide) groups is 1. The molecule has 0 aliphatic carbocycles. The third-order valence-corrected chi connectivity index (χ3v) is 4.39. The summed E-state index contributed by atoms with van der Waals surface area (Å²) in [5.74, 6) is 0.886. The van der Waals surface area contributed by atoms with Gasteiger partial charge in [0, 0.05) is 32.9 Å². The maximum absolute atomic E-state index is 6.17. The van der Waals surface area contributed by atoms with Crippen LogP contribution in [0.5, 0.6) is 0 Å². The largest absolute Gasteiger partial charge is 0.380 e. The van der Waals surface area contributed by atoms with Crippen LogP contribution in [0.2, 0.25) is 10.0 Å². The third kappa shape index (κ3) is 4.20. The number of nitrogens with one attached hydrogen (secondary N) is 1.